The number of hydrogen-bond acceptors (Lipinski definition) is 7. The van der Waals surface area contributed by atoms with Crippen molar-refractivity contribution in [1.29, 1.82) is 0 Å². The molecule has 0 fully saturated rings. The first kappa shape index (κ1) is 29.6. The van der Waals surface area contributed by atoms with Crippen LogP contribution in [0, 0.1) is 0 Å². The Bertz CT molecular complexity index is 1930. The highest BCUT2D eigenvalue weighted by molar-refractivity contribution is 7.90. The number of thiophene rings is 1. The van der Waals surface area contributed by atoms with E-state index in [1.54, 1.807) is 53.9 Å². The molecule has 1 aliphatic heterocycles. The van der Waals surface area contributed by atoms with Crippen LogP contribution in [-0.4, -0.2) is 54.9 Å². The highest BCUT2D eigenvalue weighted by Gasteiger charge is 2.36. The summed E-state index contributed by atoms with van der Waals surface area (Å²) < 4.78 is 73.4. The van der Waals surface area contributed by atoms with Gasteiger partial charge in [-0.15, -0.1) is 11.3 Å². The molecule has 226 valence electrons. The van der Waals surface area contributed by atoms with Crippen molar-refractivity contribution < 1.29 is 26.3 Å². The van der Waals surface area contributed by atoms with E-state index in [9.17, 15) is 21.6 Å². The highest BCUT2D eigenvalue weighted by Crippen LogP contribution is 2.39. The summed E-state index contributed by atoms with van der Waals surface area (Å²) in [6.07, 6.45) is -3.54. The van der Waals surface area contributed by atoms with Crippen LogP contribution < -0.4 is 4.74 Å². The zero-order valence-corrected chi connectivity index (χ0v) is 25.2. The molecule has 0 atom stereocenters. The zero-order chi connectivity index (χ0) is 30.9. The number of benzene rings is 3. The number of aromatic nitrogens is 2. The maximum atomic E-state index is 13.9. The van der Waals surface area contributed by atoms with Gasteiger partial charge in [-0.3, -0.25) is 4.99 Å². The molecule has 0 saturated carbocycles. The van der Waals surface area contributed by atoms with Crippen LogP contribution in [0.5, 0.6) is 5.75 Å². The van der Waals surface area contributed by atoms with Crippen molar-refractivity contribution in [1.82, 2.24) is 14.7 Å². The monoisotopic (exact) mass is 636 g/mol. The molecule has 12 heteroatoms. The Morgan fingerprint density at radius 1 is 0.932 bits per heavy atom. The Morgan fingerprint density at radius 2 is 1.70 bits per heavy atom. The number of sulfone groups is 1. The number of halogens is 3. The van der Waals surface area contributed by atoms with Crippen LogP contribution in [0.3, 0.4) is 0 Å². The zero-order valence-electron chi connectivity index (χ0n) is 23.5. The molecule has 0 N–H and O–H groups in total. The molecule has 0 unspecified atom stereocenters. The van der Waals surface area contributed by atoms with E-state index in [0.717, 1.165) is 30.3 Å². The summed E-state index contributed by atoms with van der Waals surface area (Å²) in [5, 5.41) is 5.75. The van der Waals surface area contributed by atoms with Crippen LogP contribution in [0.4, 0.5) is 13.2 Å². The van der Waals surface area contributed by atoms with Crippen molar-refractivity contribution in [2.45, 2.75) is 17.6 Å². The van der Waals surface area contributed by atoms with E-state index >= 15 is 0 Å². The van der Waals surface area contributed by atoms with Crippen LogP contribution in [0.25, 0.3) is 27.4 Å². The predicted molar refractivity (Wildman–Crippen MR) is 165 cm³/mol. The first-order valence-corrected chi connectivity index (χ1v) is 16.4. The number of aliphatic imine (C=N–C) groups is 1. The number of amidine groups is 1. The van der Waals surface area contributed by atoms with Crippen molar-refractivity contribution in [3.63, 3.8) is 0 Å². The Hall–Kier alpha value is -4.42. The van der Waals surface area contributed by atoms with Gasteiger partial charge in [0.05, 0.1) is 22.0 Å². The lowest BCUT2D eigenvalue weighted by Crippen LogP contribution is -2.31. The largest absolute Gasteiger partial charge is 0.483 e. The molecule has 0 bridgehead atoms. The van der Waals surface area contributed by atoms with Crippen LogP contribution in [0.1, 0.15) is 11.3 Å². The van der Waals surface area contributed by atoms with Crippen molar-refractivity contribution >= 4 is 27.0 Å². The second kappa shape index (κ2) is 11.9. The molecule has 2 aromatic heterocycles. The molecule has 7 nitrogen and oxygen atoms in total. The van der Waals surface area contributed by atoms with Crippen LogP contribution in [-0.2, 0) is 22.6 Å². The van der Waals surface area contributed by atoms with Gasteiger partial charge in [-0.05, 0) is 58.5 Å². The summed E-state index contributed by atoms with van der Waals surface area (Å²) in [4.78, 5) is 7.41. The molecule has 0 aliphatic carbocycles. The van der Waals surface area contributed by atoms with Crippen molar-refractivity contribution in [3.8, 4) is 33.1 Å². The quantitative estimate of drug-likeness (QED) is 0.175. The number of nitrogens with zero attached hydrogens (tertiary/aromatic N) is 4. The number of rotatable bonds is 9. The molecule has 0 spiro atoms. The lowest BCUT2D eigenvalue weighted by atomic mass is 10.1. The SMILES string of the molecule is CS(=O)(=O)c1cccc(-c2csc(-c3cc(C(F)(F)F)nn3-c3ccccc3OCC3=NCCN3Cc3ccccc3)c2)c1. The van der Waals surface area contributed by atoms with Crippen LogP contribution in [0.2, 0.25) is 0 Å². The average molecular weight is 637 g/mol. The van der Waals surface area contributed by atoms with Gasteiger partial charge in [0.2, 0.25) is 0 Å². The number of ether oxygens (including phenoxy) is 1. The van der Waals surface area contributed by atoms with Gasteiger partial charge in [0.15, 0.2) is 15.5 Å². The second-order valence-electron chi connectivity index (χ2n) is 10.3. The van der Waals surface area contributed by atoms with E-state index in [2.05, 4.69) is 15.0 Å². The van der Waals surface area contributed by atoms with Crippen LogP contribution >= 0.6 is 11.3 Å². The Balaban J connectivity index is 1.31. The maximum Gasteiger partial charge on any atom is 0.435 e. The van der Waals surface area contributed by atoms with Gasteiger partial charge in [-0.25, -0.2) is 13.1 Å². The van der Waals surface area contributed by atoms with Gasteiger partial charge < -0.3 is 9.64 Å². The van der Waals surface area contributed by atoms with E-state index in [4.69, 9.17) is 4.74 Å². The molecule has 3 aromatic carbocycles. The number of alkyl halides is 3. The minimum Gasteiger partial charge on any atom is -0.483 e. The van der Waals surface area contributed by atoms with E-state index in [1.807, 2.05) is 30.3 Å². The minimum absolute atomic E-state index is 0.145. The first-order valence-electron chi connectivity index (χ1n) is 13.7. The van der Waals surface area contributed by atoms with Crippen molar-refractivity contribution in [2.75, 3.05) is 26.0 Å². The van der Waals surface area contributed by atoms with Gasteiger partial charge in [0, 0.05) is 19.3 Å². The van der Waals surface area contributed by atoms with E-state index < -0.39 is 21.7 Å². The molecule has 0 radical (unpaired) electrons. The fourth-order valence-electron chi connectivity index (χ4n) is 4.94. The normalized spacial score (nSPS) is 13.7. The lowest BCUT2D eigenvalue weighted by Gasteiger charge is -2.21. The van der Waals surface area contributed by atoms with E-state index in [0.29, 0.717) is 40.5 Å². The van der Waals surface area contributed by atoms with Gasteiger partial charge in [0.1, 0.15) is 23.9 Å². The second-order valence-corrected chi connectivity index (χ2v) is 13.2. The fourth-order valence-corrected chi connectivity index (χ4v) is 6.53. The molecule has 0 amide bonds. The molecular weight excluding hydrogens is 610 g/mol. The predicted octanol–water partition coefficient (Wildman–Crippen LogP) is 6.98. The molecule has 0 saturated heterocycles. The smallest absolute Gasteiger partial charge is 0.435 e. The third kappa shape index (κ3) is 6.41. The molecular formula is C32H27F3N4O3S2. The standard InChI is InChI=1S/C32H27F3N4O3S2/c1-44(40,41)25-11-7-10-23(16-25)24-17-29(43-21-24)27-18-30(32(33,34)35)37-39(27)26-12-5-6-13-28(26)42-20-31-36-14-15-38(31)19-22-8-3-2-4-9-22/h2-13,16-18,21H,14-15,19-20H2,1H3. The first-order chi connectivity index (χ1) is 21.1. The highest BCUT2D eigenvalue weighted by atomic mass is 32.2. The summed E-state index contributed by atoms with van der Waals surface area (Å²) in [6, 6.07) is 26.0. The minimum atomic E-state index is -4.67. The average Bonchev–Trinajstić information content (AvgIpc) is 3.76. The molecule has 3 heterocycles. The summed E-state index contributed by atoms with van der Waals surface area (Å²) in [5.74, 6) is 1.12. The summed E-state index contributed by atoms with van der Waals surface area (Å²) in [5.41, 5.74) is 2.00. The van der Waals surface area contributed by atoms with E-state index in [1.165, 1.54) is 22.1 Å². The van der Waals surface area contributed by atoms with Crippen LogP contribution in [0.15, 0.2) is 106 Å². The van der Waals surface area contributed by atoms with Gasteiger partial charge in [0.25, 0.3) is 0 Å². The number of hydrogen-bond donors (Lipinski definition) is 0. The Morgan fingerprint density at radius 3 is 2.48 bits per heavy atom. The topological polar surface area (TPSA) is 76.8 Å². The number of para-hydroxylation sites is 2. The fraction of sp³-hybridized carbons (Fsp3) is 0.188. The third-order valence-corrected chi connectivity index (χ3v) is 9.21. The van der Waals surface area contributed by atoms with Crippen molar-refractivity contribution in [2.24, 2.45) is 4.99 Å². The van der Waals surface area contributed by atoms with Gasteiger partial charge in [-0.2, -0.15) is 18.3 Å². The third-order valence-electron chi connectivity index (χ3n) is 7.14. The summed E-state index contributed by atoms with van der Waals surface area (Å²) in [7, 11) is -3.43. The van der Waals surface area contributed by atoms with Gasteiger partial charge >= 0.3 is 6.18 Å². The summed E-state index contributed by atoms with van der Waals surface area (Å²) in [6.45, 7) is 2.21. The Labute approximate surface area is 256 Å². The van der Waals surface area contributed by atoms with Gasteiger partial charge in [-0.1, -0.05) is 54.6 Å². The Kier molecular flexibility index (Phi) is 8.04. The molecule has 1 aliphatic rings. The maximum absolute atomic E-state index is 13.9. The lowest BCUT2D eigenvalue weighted by molar-refractivity contribution is -0.141. The molecule has 44 heavy (non-hydrogen) atoms. The van der Waals surface area contributed by atoms with E-state index in [-0.39, 0.29) is 17.2 Å². The molecule has 5 aromatic rings. The molecule has 6 rings (SSSR count). The summed E-state index contributed by atoms with van der Waals surface area (Å²) >= 11 is 1.24. The van der Waals surface area contributed by atoms with Crippen molar-refractivity contribution in [3.05, 3.63) is 108 Å².